The van der Waals surface area contributed by atoms with Crippen molar-refractivity contribution in [2.45, 2.75) is 24.7 Å². The summed E-state index contributed by atoms with van der Waals surface area (Å²) in [6.45, 7) is 1.98. The van der Waals surface area contributed by atoms with Gasteiger partial charge in [0.05, 0.1) is 25.2 Å². The van der Waals surface area contributed by atoms with Gasteiger partial charge in [0, 0.05) is 4.90 Å². The molecule has 3 nitrogen and oxygen atoms in total. The molecule has 0 radical (unpaired) electrons. The molecule has 0 heterocycles. The van der Waals surface area contributed by atoms with Gasteiger partial charge in [0.1, 0.15) is 0 Å². The molecule has 84 valence electrons. The van der Waals surface area contributed by atoms with Crippen molar-refractivity contribution in [3.05, 3.63) is 28.8 Å². The maximum absolute atomic E-state index is 11.2. The van der Waals surface area contributed by atoms with Crippen LogP contribution in [-0.4, -0.2) is 13.1 Å². The maximum Gasteiger partial charge on any atom is 0.310 e. The molecule has 0 aliphatic heterocycles. The van der Waals surface area contributed by atoms with E-state index in [0.29, 0.717) is 5.56 Å². The first kappa shape index (κ1) is 12.6. The van der Waals surface area contributed by atoms with E-state index in [2.05, 4.69) is 23.4 Å². The molecule has 16 heavy (non-hydrogen) atoms. The molecule has 0 fully saturated rings. The first-order valence-corrected chi connectivity index (χ1v) is 5.38. The SMILES string of the molecule is CCc1cc(C#N)cc(CC(=O)OC)c1S. The molecule has 0 N–H and O–H groups in total. The highest BCUT2D eigenvalue weighted by atomic mass is 32.1. The Morgan fingerprint density at radius 2 is 2.12 bits per heavy atom. The summed E-state index contributed by atoms with van der Waals surface area (Å²) in [7, 11) is 1.34. The Kier molecular flexibility index (Phi) is 4.39. The van der Waals surface area contributed by atoms with Gasteiger partial charge in [-0.1, -0.05) is 6.92 Å². The number of carbonyl (C=O) groups is 1. The van der Waals surface area contributed by atoms with Crippen LogP contribution in [0.5, 0.6) is 0 Å². The van der Waals surface area contributed by atoms with Gasteiger partial charge in [-0.3, -0.25) is 4.79 Å². The second-order valence-corrected chi connectivity index (χ2v) is 3.81. The van der Waals surface area contributed by atoms with Gasteiger partial charge in [0.15, 0.2) is 0 Å². The molecule has 4 heteroatoms. The lowest BCUT2D eigenvalue weighted by Gasteiger charge is -2.09. The van der Waals surface area contributed by atoms with E-state index in [0.717, 1.165) is 22.4 Å². The number of nitrogens with zero attached hydrogens (tertiary/aromatic N) is 1. The summed E-state index contributed by atoms with van der Waals surface area (Å²) in [4.78, 5) is 12.0. The minimum absolute atomic E-state index is 0.151. The lowest BCUT2D eigenvalue weighted by atomic mass is 10.0. The van der Waals surface area contributed by atoms with E-state index in [1.807, 2.05) is 6.92 Å². The number of benzene rings is 1. The third kappa shape index (κ3) is 2.77. The lowest BCUT2D eigenvalue weighted by Crippen LogP contribution is -2.06. The van der Waals surface area contributed by atoms with Gasteiger partial charge in [-0.15, -0.1) is 12.6 Å². The highest BCUT2D eigenvalue weighted by Crippen LogP contribution is 2.22. The second kappa shape index (κ2) is 5.57. The summed E-state index contributed by atoms with van der Waals surface area (Å²) in [5.74, 6) is -0.326. The number of nitriles is 1. The molecule has 0 amide bonds. The van der Waals surface area contributed by atoms with Crippen molar-refractivity contribution in [3.8, 4) is 6.07 Å². The Bertz CT molecular complexity index is 449. The van der Waals surface area contributed by atoms with E-state index in [1.165, 1.54) is 7.11 Å². The predicted molar refractivity (Wildman–Crippen MR) is 63.5 cm³/mol. The van der Waals surface area contributed by atoms with Crippen LogP contribution in [0.25, 0.3) is 0 Å². The van der Waals surface area contributed by atoms with Crippen LogP contribution >= 0.6 is 12.6 Å². The summed E-state index contributed by atoms with van der Waals surface area (Å²) >= 11 is 4.37. The fraction of sp³-hybridized carbons (Fsp3) is 0.333. The Morgan fingerprint density at radius 1 is 1.50 bits per heavy atom. The molecule has 0 aliphatic carbocycles. The Labute approximate surface area is 100 Å². The molecule has 0 saturated carbocycles. The average Bonchev–Trinajstić information content (AvgIpc) is 2.31. The molecular formula is C12H13NO2S. The van der Waals surface area contributed by atoms with Crippen molar-refractivity contribution >= 4 is 18.6 Å². The van der Waals surface area contributed by atoms with E-state index in [4.69, 9.17) is 5.26 Å². The standard InChI is InChI=1S/C12H13NO2S/c1-3-9-4-8(7-13)5-10(12(9)16)6-11(14)15-2/h4-5,16H,3,6H2,1-2H3. The minimum Gasteiger partial charge on any atom is -0.469 e. The van der Waals surface area contributed by atoms with Crippen molar-refractivity contribution in [1.82, 2.24) is 0 Å². The monoisotopic (exact) mass is 235 g/mol. The third-order valence-electron chi connectivity index (χ3n) is 2.34. The number of hydrogen-bond donors (Lipinski definition) is 1. The van der Waals surface area contributed by atoms with Gasteiger partial charge in [0.2, 0.25) is 0 Å². The molecule has 0 saturated heterocycles. The van der Waals surface area contributed by atoms with Gasteiger partial charge in [-0.2, -0.15) is 5.26 Å². The Balaban J connectivity index is 3.17. The number of carbonyl (C=O) groups excluding carboxylic acids is 1. The first-order valence-electron chi connectivity index (χ1n) is 4.94. The van der Waals surface area contributed by atoms with Crippen LogP contribution in [0.4, 0.5) is 0 Å². The van der Waals surface area contributed by atoms with E-state index in [-0.39, 0.29) is 12.4 Å². The predicted octanol–water partition coefficient (Wildman–Crippen LogP) is 2.12. The molecule has 0 aliphatic rings. The number of aryl methyl sites for hydroxylation is 1. The minimum atomic E-state index is -0.326. The second-order valence-electron chi connectivity index (χ2n) is 3.36. The highest BCUT2D eigenvalue weighted by Gasteiger charge is 2.11. The number of esters is 1. The molecule has 1 aromatic rings. The molecule has 1 aromatic carbocycles. The van der Waals surface area contributed by atoms with Crippen LogP contribution in [-0.2, 0) is 22.4 Å². The van der Waals surface area contributed by atoms with Crippen LogP contribution in [0.1, 0.15) is 23.6 Å². The average molecular weight is 235 g/mol. The summed E-state index contributed by atoms with van der Waals surface area (Å²) < 4.78 is 4.60. The largest absolute Gasteiger partial charge is 0.469 e. The molecule has 0 spiro atoms. The van der Waals surface area contributed by atoms with Crippen LogP contribution in [0.2, 0.25) is 0 Å². The van der Waals surface area contributed by atoms with Crippen molar-refractivity contribution in [3.63, 3.8) is 0 Å². The number of rotatable bonds is 3. The Hall–Kier alpha value is -1.47. The molecule has 0 bridgehead atoms. The molecule has 0 atom stereocenters. The number of ether oxygens (including phenoxy) is 1. The van der Waals surface area contributed by atoms with Gasteiger partial charge in [-0.05, 0) is 29.7 Å². The van der Waals surface area contributed by atoms with Crippen LogP contribution in [0.3, 0.4) is 0 Å². The van der Waals surface area contributed by atoms with E-state index in [1.54, 1.807) is 12.1 Å². The van der Waals surface area contributed by atoms with Crippen molar-refractivity contribution in [2.75, 3.05) is 7.11 Å². The van der Waals surface area contributed by atoms with Crippen molar-refractivity contribution < 1.29 is 9.53 Å². The van der Waals surface area contributed by atoms with Crippen LogP contribution in [0.15, 0.2) is 17.0 Å². The topological polar surface area (TPSA) is 50.1 Å². The fourth-order valence-electron chi connectivity index (χ4n) is 1.46. The summed E-state index contributed by atoms with van der Waals surface area (Å²) in [6.07, 6.45) is 0.931. The van der Waals surface area contributed by atoms with Crippen LogP contribution < -0.4 is 0 Å². The fourth-order valence-corrected chi connectivity index (χ4v) is 1.82. The van der Waals surface area contributed by atoms with Gasteiger partial charge in [0.25, 0.3) is 0 Å². The number of hydrogen-bond acceptors (Lipinski definition) is 4. The number of methoxy groups -OCH3 is 1. The van der Waals surface area contributed by atoms with Crippen LogP contribution in [0, 0.1) is 11.3 Å². The van der Waals surface area contributed by atoms with Gasteiger partial charge in [-0.25, -0.2) is 0 Å². The lowest BCUT2D eigenvalue weighted by molar-refractivity contribution is -0.139. The van der Waals surface area contributed by atoms with E-state index in [9.17, 15) is 4.79 Å². The van der Waals surface area contributed by atoms with Crippen molar-refractivity contribution in [1.29, 1.82) is 5.26 Å². The van der Waals surface area contributed by atoms with Crippen molar-refractivity contribution in [2.24, 2.45) is 0 Å². The zero-order valence-electron chi connectivity index (χ0n) is 9.28. The maximum atomic E-state index is 11.2. The summed E-state index contributed by atoms with van der Waals surface area (Å²) in [5.41, 5.74) is 2.26. The van der Waals surface area contributed by atoms with E-state index >= 15 is 0 Å². The zero-order valence-corrected chi connectivity index (χ0v) is 10.2. The molecule has 1 rings (SSSR count). The van der Waals surface area contributed by atoms with E-state index < -0.39 is 0 Å². The highest BCUT2D eigenvalue weighted by molar-refractivity contribution is 7.80. The summed E-state index contributed by atoms with van der Waals surface area (Å²) in [5, 5.41) is 8.87. The molecule has 0 unspecified atom stereocenters. The Morgan fingerprint density at radius 3 is 2.62 bits per heavy atom. The molecule has 0 aromatic heterocycles. The van der Waals surface area contributed by atoms with Gasteiger partial charge >= 0.3 is 5.97 Å². The number of thiol groups is 1. The van der Waals surface area contributed by atoms with Gasteiger partial charge < -0.3 is 4.74 Å². The first-order chi connectivity index (χ1) is 7.62. The normalized spacial score (nSPS) is 9.62. The summed E-state index contributed by atoms with van der Waals surface area (Å²) in [6, 6.07) is 5.55. The smallest absolute Gasteiger partial charge is 0.310 e. The quantitative estimate of drug-likeness (QED) is 0.645. The third-order valence-corrected chi connectivity index (χ3v) is 2.91. The molecular weight excluding hydrogens is 222 g/mol. The zero-order chi connectivity index (χ0) is 12.1.